The predicted molar refractivity (Wildman–Crippen MR) is 263 cm³/mol. The molecule has 12 rings (SSSR count). The van der Waals surface area contributed by atoms with Crippen LogP contribution < -0.4 is 4.90 Å². The normalized spacial score (nSPS) is 11.5. The van der Waals surface area contributed by atoms with Crippen LogP contribution >= 0.6 is 0 Å². The molecule has 2 nitrogen and oxygen atoms in total. The maximum atomic E-state index is 6.34. The molecule has 0 aliphatic rings. The molecule has 0 N–H and O–H groups in total. The standard InChI is InChI=1S/C60H39NO/c1-2-13-40(14-3-1)42-27-32-48(33-28-42)61(49-34-29-43(30-35-49)45-26-25-41-15-4-5-16-44(41)37-45)57-23-12-22-51(47-31-36-59-55(38-47)54-21-10-11-24-58(54)62-59)60(57)56-39-46-17-6-7-18-50(46)52-19-8-9-20-53(52)56/h1-39H. The zero-order valence-electron chi connectivity index (χ0n) is 33.9. The molecule has 11 aromatic carbocycles. The molecule has 0 saturated carbocycles. The molecule has 2 heteroatoms. The van der Waals surface area contributed by atoms with Gasteiger partial charge in [-0.15, -0.1) is 0 Å². The first-order valence-electron chi connectivity index (χ1n) is 21.2. The Morgan fingerprint density at radius 1 is 0.274 bits per heavy atom. The Hall–Kier alpha value is -8.20. The number of hydrogen-bond acceptors (Lipinski definition) is 2. The molecule has 0 radical (unpaired) electrons. The highest BCUT2D eigenvalue weighted by Gasteiger charge is 2.23. The Morgan fingerprint density at radius 3 is 1.61 bits per heavy atom. The van der Waals surface area contributed by atoms with Gasteiger partial charge >= 0.3 is 0 Å². The summed E-state index contributed by atoms with van der Waals surface area (Å²) < 4.78 is 6.34. The maximum absolute atomic E-state index is 6.34. The third-order valence-electron chi connectivity index (χ3n) is 12.4. The van der Waals surface area contributed by atoms with Crippen LogP contribution in [-0.2, 0) is 0 Å². The van der Waals surface area contributed by atoms with E-state index in [2.05, 4.69) is 235 Å². The van der Waals surface area contributed by atoms with Crippen LogP contribution in [0.4, 0.5) is 17.1 Å². The molecule has 0 saturated heterocycles. The van der Waals surface area contributed by atoms with Gasteiger partial charge in [-0.2, -0.15) is 0 Å². The third kappa shape index (κ3) is 6.12. The summed E-state index contributed by atoms with van der Waals surface area (Å²) in [6.45, 7) is 0. The molecule has 0 unspecified atom stereocenters. The van der Waals surface area contributed by atoms with Crippen molar-refractivity contribution in [1.82, 2.24) is 0 Å². The van der Waals surface area contributed by atoms with Crippen molar-refractivity contribution in [2.45, 2.75) is 0 Å². The molecule has 62 heavy (non-hydrogen) atoms. The Kier molecular flexibility index (Phi) is 8.53. The lowest BCUT2D eigenvalue weighted by atomic mass is 9.87. The van der Waals surface area contributed by atoms with Crippen LogP contribution in [0, 0.1) is 0 Å². The number of benzene rings is 11. The summed E-state index contributed by atoms with van der Waals surface area (Å²) in [7, 11) is 0. The molecule has 12 aromatic rings. The van der Waals surface area contributed by atoms with Crippen molar-refractivity contribution in [2.24, 2.45) is 0 Å². The molecular formula is C60H39NO. The van der Waals surface area contributed by atoms with Crippen LogP contribution in [0.25, 0.3) is 98.8 Å². The first kappa shape index (κ1) is 35.7. The summed E-state index contributed by atoms with van der Waals surface area (Å²) in [5, 5.41) is 9.59. The highest BCUT2D eigenvalue weighted by Crippen LogP contribution is 2.49. The number of fused-ring (bicyclic) bond motifs is 7. The lowest BCUT2D eigenvalue weighted by Gasteiger charge is -2.30. The Bertz CT molecular complexity index is 3620. The number of furan rings is 1. The van der Waals surface area contributed by atoms with E-state index in [0.29, 0.717) is 0 Å². The summed E-state index contributed by atoms with van der Waals surface area (Å²) in [4.78, 5) is 2.44. The van der Waals surface area contributed by atoms with Gasteiger partial charge in [-0.3, -0.25) is 0 Å². The molecule has 1 heterocycles. The van der Waals surface area contributed by atoms with E-state index in [4.69, 9.17) is 4.42 Å². The summed E-state index contributed by atoms with van der Waals surface area (Å²) in [5.74, 6) is 0. The first-order valence-corrected chi connectivity index (χ1v) is 21.2. The van der Waals surface area contributed by atoms with Gasteiger partial charge in [-0.05, 0) is 132 Å². The van der Waals surface area contributed by atoms with Gasteiger partial charge in [0.15, 0.2) is 0 Å². The average Bonchev–Trinajstić information content (AvgIpc) is 3.72. The van der Waals surface area contributed by atoms with Gasteiger partial charge in [0.05, 0.1) is 5.69 Å². The molecular weight excluding hydrogens is 751 g/mol. The van der Waals surface area contributed by atoms with E-state index in [0.717, 1.165) is 55.7 Å². The topological polar surface area (TPSA) is 16.4 Å². The highest BCUT2D eigenvalue weighted by molar-refractivity contribution is 6.17. The van der Waals surface area contributed by atoms with Crippen LogP contribution in [0.3, 0.4) is 0 Å². The molecule has 0 bridgehead atoms. The lowest BCUT2D eigenvalue weighted by molar-refractivity contribution is 0.669. The molecule has 0 amide bonds. The molecule has 0 spiro atoms. The van der Waals surface area contributed by atoms with Crippen molar-refractivity contribution in [3.05, 3.63) is 237 Å². The minimum absolute atomic E-state index is 0.885. The first-order chi connectivity index (χ1) is 30.7. The van der Waals surface area contributed by atoms with Crippen molar-refractivity contribution in [3.8, 4) is 44.5 Å². The smallest absolute Gasteiger partial charge is 0.135 e. The molecule has 0 atom stereocenters. The van der Waals surface area contributed by atoms with Crippen LogP contribution in [0.2, 0.25) is 0 Å². The van der Waals surface area contributed by atoms with E-state index in [9.17, 15) is 0 Å². The maximum Gasteiger partial charge on any atom is 0.135 e. The van der Waals surface area contributed by atoms with Crippen LogP contribution in [0.1, 0.15) is 0 Å². The number of anilines is 3. The van der Waals surface area contributed by atoms with Gasteiger partial charge in [-0.25, -0.2) is 0 Å². The summed E-state index contributed by atoms with van der Waals surface area (Å²) in [6.07, 6.45) is 0. The van der Waals surface area contributed by atoms with E-state index >= 15 is 0 Å². The zero-order valence-corrected chi connectivity index (χ0v) is 33.9. The fourth-order valence-electron chi connectivity index (χ4n) is 9.44. The molecule has 290 valence electrons. The fourth-order valence-corrected chi connectivity index (χ4v) is 9.44. The zero-order chi connectivity index (χ0) is 41.0. The second-order valence-corrected chi connectivity index (χ2v) is 16.1. The van der Waals surface area contributed by atoms with E-state index < -0.39 is 0 Å². The second kappa shape index (κ2) is 14.8. The van der Waals surface area contributed by atoms with E-state index in [-0.39, 0.29) is 0 Å². The predicted octanol–water partition coefficient (Wildman–Crippen LogP) is 17.2. The van der Waals surface area contributed by atoms with Crippen molar-refractivity contribution >= 4 is 71.3 Å². The Morgan fingerprint density at radius 2 is 0.839 bits per heavy atom. The largest absolute Gasteiger partial charge is 0.456 e. The van der Waals surface area contributed by atoms with Crippen LogP contribution in [0.5, 0.6) is 0 Å². The Balaban J connectivity index is 1.12. The minimum atomic E-state index is 0.885. The van der Waals surface area contributed by atoms with Gasteiger partial charge in [0.1, 0.15) is 11.2 Å². The molecule has 0 fully saturated rings. The molecule has 1 aromatic heterocycles. The van der Waals surface area contributed by atoms with E-state index in [1.807, 2.05) is 6.07 Å². The number of hydrogen-bond donors (Lipinski definition) is 0. The quantitative estimate of drug-likeness (QED) is 0.150. The van der Waals surface area contributed by atoms with Gasteiger partial charge in [0, 0.05) is 27.7 Å². The van der Waals surface area contributed by atoms with Gasteiger partial charge in [0.2, 0.25) is 0 Å². The van der Waals surface area contributed by atoms with Gasteiger partial charge in [-0.1, -0.05) is 176 Å². The SMILES string of the molecule is c1ccc(-c2ccc(N(c3ccc(-c4ccc5ccccc5c4)cc3)c3cccc(-c4ccc5oc6ccccc6c5c4)c3-c3cc4ccccc4c4ccccc34)cc2)cc1. The van der Waals surface area contributed by atoms with Crippen molar-refractivity contribution in [1.29, 1.82) is 0 Å². The van der Waals surface area contributed by atoms with E-state index in [1.54, 1.807) is 0 Å². The molecule has 0 aliphatic heterocycles. The van der Waals surface area contributed by atoms with Crippen LogP contribution in [0.15, 0.2) is 241 Å². The number of rotatable bonds is 7. The average molecular weight is 790 g/mol. The van der Waals surface area contributed by atoms with Crippen molar-refractivity contribution in [2.75, 3.05) is 4.90 Å². The number of para-hydroxylation sites is 1. The lowest BCUT2D eigenvalue weighted by Crippen LogP contribution is -2.12. The van der Waals surface area contributed by atoms with Crippen molar-refractivity contribution < 1.29 is 4.42 Å². The third-order valence-corrected chi connectivity index (χ3v) is 12.4. The highest BCUT2D eigenvalue weighted by atomic mass is 16.3. The minimum Gasteiger partial charge on any atom is -0.456 e. The summed E-state index contributed by atoms with van der Waals surface area (Å²) in [6, 6.07) is 85.8. The summed E-state index contributed by atoms with van der Waals surface area (Å²) in [5.41, 5.74) is 14.4. The number of nitrogens with zero attached hydrogens (tertiary/aromatic N) is 1. The van der Waals surface area contributed by atoms with E-state index in [1.165, 1.54) is 60.1 Å². The fraction of sp³-hybridized carbons (Fsp3) is 0. The molecule has 0 aliphatic carbocycles. The summed E-state index contributed by atoms with van der Waals surface area (Å²) >= 11 is 0. The Labute approximate surface area is 360 Å². The van der Waals surface area contributed by atoms with Crippen molar-refractivity contribution in [3.63, 3.8) is 0 Å². The van der Waals surface area contributed by atoms with Gasteiger partial charge < -0.3 is 9.32 Å². The second-order valence-electron chi connectivity index (χ2n) is 16.1. The van der Waals surface area contributed by atoms with Gasteiger partial charge in [0.25, 0.3) is 0 Å². The monoisotopic (exact) mass is 789 g/mol. The van der Waals surface area contributed by atoms with Crippen LogP contribution in [-0.4, -0.2) is 0 Å².